The summed E-state index contributed by atoms with van der Waals surface area (Å²) >= 11 is 0. The third kappa shape index (κ3) is 2.53. The van der Waals surface area contributed by atoms with E-state index in [1.54, 1.807) is 38.5 Å². The number of fused-ring (bicyclic) bond motifs is 5. The minimum absolute atomic E-state index is 0.627. The normalized spacial score (nSPS) is 51.9. The smallest absolute Gasteiger partial charge is 0.0264 e. The van der Waals surface area contributed by atoms with E-state index in [-0.39, 0.29) is 0 Å². The third-order valence-corrected chi connectivity index (χ3v) is 9.38. The van der Waals surface area contributed by atoms with Crippen LogP contribution in [0.15, 0.2) is 0 Å². The molecule has 0 aromatic heterocycles. The molecule has 0 amide bonds. The molecule has 0 aliphatic heterocycles. The maximum Gasteiger partial charge on any atom is -0.0264 e. The average molecular weight is 317 g/mol. The Bertz CT molecular complexity index is 447. The van der Waals surface area contributed by atoms with Crippen LogP contribution in [-0.2, 0) is 0 Å². The van der Waals surface area contributed by atoms with Gasteiger partial charge in [0.25, 0.3) is 0 Å². The SMILES string of the molecule is CC(C)C1CCC2C1CCC1C3CCC(C)(C)CC3CCC12C. The van der Waals surface area contributed by atoms with E-state index in [4.69, 9.17) is 0 Å². The Hall–Kier alpha value is 0. The Balaban J connectivity index is 1.56. The van der Waals surface area contributed by atoms with Gasteiger partial charge in [-0.25, -0.2) is 0 Å². The summed E-state index contributed by atoms with van der Waals surface area (Å²) in [5.41, 5.74) is 1.33. The summed E-state index contributed by atoms with van der Waals surface area (Å²) in [6.45, 7) is 12.8. The quantitative estimate of drug-likeness (QED) is 0.491. The Morgan fingerprint density at radius 1 is 0.739 bits per heavy atom. The molecule has 0 N–H and O–H groups in total. The molecule has 4 fully saturated rings. The van der Waals surface area contributed by atoms with Gasteiger partial charge in [0, 0.05) is 0 Å². The Morgan fingerprint density at radius 2 is 1.43 bits per heavy atom. The second kappa shape index (κ2) is 5.50. The summed E-state index contributed by atoms with van der Waals surface area (Å²) in [5, 5.41) is 0. The highest BCUT2D eigenvalue weighted by atomic mass is 14.6. The van der Waals surface area contributed by atoms with Crippen LogP contribution in [0.25, 0.3) is 0 Å². The van der Waals surface area contributed by atoms with E-state index in [2.05, 4.69) is 34.6 Å². The highest BCUT2D eigenvalue weighted by Crippen LogP contribution is 2.66. The molecule has 0 spiro atoms. The molecule has 0 bridgehead atoms. The van der Waals surface area contributed by atoms with Gasteiger partial charge in [-0.05, 0) is 110 Å². The number of hydrogen-bond donors (Lipinski definition) is 0. The first-order valence-corrected chi connectivity index (χ1v) is 10.8. The van der Waals surface area contributed by atoms with Crippen molar-refractivity contribution in [2.24, 2.45) is 52.3 Å². The maximum atomic E-state index is 2.74. The van der Waals surface area contributed by atoms with Crippen molar-refractivity contribution >= 4 is 0 Å². The zero-order chi connectivity index (χ0) is 16.4. The van der Waals surface area contributed by atoms with Crippen molar-refractivity contribution in [2.75, 3.05) is 0 Å². The summed E-state index contributed by atoms with van der Waals surface area (Å²) < 4.78 is 0. The topological polar surface area (TPSA) is 0 Å². The molecular weight excluding hydrogens is 276 g/mol. The lowest BCUT2D eigenvalue weighted by atomic mass is 9.45. The van der Waals surface area contributed by atoms with Gasteiger partial charge in [-0.15, -0.1) is 0 Å². The maximum absolute atomic E-state index is 2.74. The van der Waals surface area contributed by atoms with Crippen molar-refractivity contribution in [3.05, 3.63) is 0 Å². The molecule has 0 radical (unpaired) electrons. The summed E-state index contributed by atoms with van der Waals surface area (Å²) in [6.07, 6.45) is 13.9. The second-order valence-corrected chi connectivity index (χ2v) is 11.3. The molecule has 4 aliphatic carbocycles. The monoisotopic (exact) mass is 316 g/mol. The lowest BCUT2D eigenvalue weighted by Gasteiger charge is -2.60. The summed E-state index contributed by atoms with van der Waals surface area (Å²) in [6, 6.07) is 0. The van der Waals surface area contributed by atoms with Crippen molar-refractivity contribution in [1.29, 1.82) is 0 Å². The van der Waals surface area contributed by atoms with E-state index in [0.717, 1.165) is 41.4 Å². The van der Waals surface area contributed by atoms with Crippen LogP contribution in [0.4, 0.5) is 0 Å². The average Bonchev–Trinajstić information content (AvgIpc) is 2.91. The summed E-state index contributed by atoms with van der Waals surface area (Å²) in [4.78, 5) is 0. The van der Waals surface area contributed by atoms with Crippen molar-refractivity contribution in [2.45, 2.75) is 92.4 Å². The first-order chi connectivity index (χ1) is 10.8. The Morgan fingerprint density at radius 3 is 2.17 bits per heavy atom. The van der Waals surface area contributed by atoms with Gasteiger partial charge in [0.1, 0.15) is 0 Å². The second-order valence-electron chi connectivity index (χ2n) is 11.3. The van der Waals surface area contributed by atoms with E-state index in [9.17, 15) is 0 Å². The van der Waals surface area contributed by atoms with Crippen molar-refractivity contribution in [3.63, 3.8) is 0 Å². The molecule has 0 nitrogen and oxygen atoms in total. The van der Waals surface area contributed by atoms with E-state index in [1.807, 2.05) is 0 Å². The van der Waals surface area contributed by atoms with Gasteiger partial charge in [-0.1, -0.05) is 34.6 Å². The van der Waals surface area contributed by atoms with Gasteiger partial charge in [-0.2, -0.15) is 0 Å². The minimum Gasteiger partial charge on any atom is -0.0625 e. The van der Waals surface area contributed by atoms with Crippen LogP contribution in [0.2, 0.25) is 0 Å². The molecule has 7 atom stereocenters. The Labute approximate surface area is 145 Å². The standard InChI is InChI=1S/C23H40/c1-15(2)17-6-8-21-19(17)7-9-20-18-11-12-22(3,4)14-16(18)10-13-23(20,21)5/h15-21H,6-14H2,1-5H3. The van der Waals surface area contributed by atoms with E-state index >= 15 is 0 Å². The lowest BCUT2D eigenvalue weighted by Crippen LogP contribution is -2.52. The van der Waals surface area contributed by atoms with Crippen LogP contribution in [0.5, 0.6) is 0 Å². The van der Waals surface area contributed by atoms with E-state index in [0.29, 0.717) is 10.8 Å². The largest absolute Gasteiger partial charge is 0.0625 e. The molecule has 132 valence electrons. The van der Waals surface area contributed by atoms with Crippen LogP contribution in [0.1, 0.15) is 92.4 Å². The highest BCUT2D eigenvalue weighted by Gasteiger charge is 2.58. The van der Waals surface area contributed by atoms with Crippen LogP contribution < -0.4 is 0 Å². The fraction of sp³-hybridized carbons (Fsp3) is 1.00. The van der Waals surface area contributed by atoms with Gasteiger partial charge in [0.05, 0.1) is 0 Å². The number of hydrogen-bond acceptors (Lipinski definition) is 0. The molecular formula is C23H40. The van der Waals surface area contributed by atoms with E-state index in [1.165, 1.54) is 19.3 Å². The van der Waals surface area contributed by atoms with Gasteiger partial charge in [0.15, 0.2) is 0 Å². The molecule has 4 saturated carbocycles. The molecule has 0 aromatic rings. The summed E-state index contributed by atoms with van der Waals surface area (Å²) in [5.74, 6) is 7.33. The third-order valence-electron chi connectivity index (χ3n) is 9.38. The lowest BCUT2D eigenvalue weighted by molar-refractivity contribution is -0.107. The molecule has 0 heteroatoms. The molecule has 4 aliphatic rings. The van der Waals surface area contributed by atoms with Gasteiger partial charge < -0.3 is 0 Å². The zero-order valence-corrected chi connectivity index (χ0v) is 16.4. The van der Waals surface area contributed by atoms with Crippen molar-refractivity contribution < 1.29 is 0 Å². The molecule has 0 aromatic carbocycles. The fourth-order valence-electron chi connectivity index (χ4n) is 8.31. The fourth-order valence-corrected chi connectivity index (χ4v) is 8.31. The van der Waals surface area contributed by atoms with Gasteiger partial charge >= 0.3 is 0 Å². The van der Waals surface area contributed by atoms with E-state index < -0.39 is 0 Å². The summed E-state index contributed by atoms with van der Waals surface area (Å²) in [7, 11) is 0. The van der Waals surface area contributed by atoms with Crippen LogP contribution in [0, 0.1) is 52.3 Å². The zero-order valence-electron chi connectivity index (χ0n) is 16.4. The van der Waals surface area contributed by atoms with Gasteiger partial charge in [-0.3, -0.25) is 0 Å². The van der Waals surface area contributed by atoms with Crippen LogP contribution in [0.3, 0.4) is 0 Å². The van der Waals surface area contributed by atoms with Crippen LogP contribution in [-0.4, -0.2) is 0 Å². The number of rotatable bonds is 1. The molecule has 23 heavy (non-hydrogen) atoms. The van der Waals surface area contributed by atoms with Crippen molar-refractivity contribution in [3.8, 4) is 0 Å². The predicted molar refractivity (Wildman–Crippen MR) is 99.2 cm³/mol. The molecule has 0 heterocycles. The van der Waals surface area contributed by atoms with Crippen LogP contribution >= 0.6 is 0 Å². The molecule has 0 saturated heterocycles. The van der Waals surface area contributed by atoms with Gasteiger partial charge in [0.2, 0.25) is 0 Å². The molecule has 4 rings (SSSR count). The van der Waals surface area contributed by atoms with Crippen molar-refractivity contribution in [1.82, 2.24) is 0 Å². The Kier molecular flexibility index (Phi) is 3.94. The predicted octanol–water partition coefficient (Wildman–Crippen LogP) is 6.94. The highest BCUT2D eigenvalue weighted by molar-refractivity contribution is 5.07. The first-order valence-electron chi connectivity index (χ1n) is 10.8. The minimum atomic E-state index is 0.627. The first kappa shape index (κ1) is 16.5. The molecule has 7 unspecified atom stereocenters.